The molecule has 0 saturated carbocycles. The number of piperazine rings is 1. The van der Waals surface area contributed by atoms with Crippen molar-refractivity contribution in [3.05, 3.63) is 59.4 Å². The Morgan fingerprint density at radius 1 is 1.14 bits per heavy atom. The van der Waals surface area contributed by atoms with Gasteiger partial charge in [-0.05, 0) is 36.2 Å². The fourth-order valence-electron chi connectivity index (χ4n) is 4.19. The normalized spacial score (nSPS) is 16.9. The van der Waals surface area contributed by atoms with E-state index in [4.69, 9.17) is 4.74 Å². The molecule has 148 valence electrons. The molecule has 2 heterocycles. The summed E-state index contributed by atoms with van der Waals surface area (Å²) in [5.74, 6) is 0.156. The van der Waals surface area contributed by atoms with Crippen molar-refractivity contribution in [2.75, 3.05) is 51.3 Å². The number of nitrogens with zero attached hydrogens (tertiary/aromatic N) is 2. The van der Waals surface area contributed by atoms with E-state index in [0.717, 1.165) is 51.3 Å². The number of rotatable bonds is 5. The number of nitrogens with one attached hydrogen (secondary N) is 1. The Kier molecular flexibility index (Phi) is 5.48. The first-order chi connectivity index (χ1) is 13.6. The van der Waals surface area contributed by atoms with Crippen LogP contribution in [0.2, 0.25) is 0 Å². The topological polar surface area (TPSA) is 37.2 Å². The fourth-order valence-corrected chi connectivity index (χ4v) is 4.19. The summed E-state index contributed by atoms with van der Waals surface area (Å²) < 4.78 is 18.9. The molecule has 28 heavy (non-hydrogen) atoms. The number of benzene rings is 2. The van der Waals surface area contributed by atoms with Crippen LogP contribution >= 0.6 is 0 Å². The van der Waals surface area contributed by atoms with Gasteiger partial charge in [0, 0.05) is 17.8 Å². The highest BCUT2D eigenvalue weighted by Gasteiger charge is 2.27. The highest BCUT2D eigenvalue weighted by molar-refractivity contribution is 5.82. The lowest BCUT2D eigenvalue weighted by Gasteiger charge is -2.33. The number of hydrogen-bond acceptors (Lipinski definition) is 3. The van der Waals surface area contributed by atoms with Crippen molar-refractivity contribution in [3.63, 3.8) is 0 Å². The van der Waals surface area contributed by atoms with Gasteiger partial charge in [-0.3, -0.25) is 4.79 Å². The second-order valence-corrected chi connectivity index (χ2v) is 7.58. The van der Waals surface area contributed by atoms with Crippen LogP contribution in [-0.4, -0.2) is 57.2 Å². The van der Waals surface area contributed by atoms with E-state index in [-0.39, 0.29) is 17.5 Å². The smallest absolute Gasteiger partial charge is 0.242 e. The maximum absolute atomic E-state index is 13.9. The van der Waals surface area contributed by atoms with Crippen LogP contribution in [0.3, 0.4) is 0 Å². The molecular formula is C22H27FN3O2+. The summed E-state index contributed by atoms with van der Waals surface area (Å²) in [4.78, 5) is 18.3. The molecule has 1 saturated heterocycles. The Labute approximate surface area is 165 Å². The lowest BCUT2D eigenvalue weighted by molar-refractivity contribution is -0.917. The van der Waals surface area contributed by atoms with E-state index in [1.807, 2.05) is 17.0 Å². The lowest BCUT2D eigenvalue weighted by Crippen LogP contribution is -3.13. The molecule has 0 aliphatic carbocycles. The Morgan fingerprint density at radius 3 is 2.68 bits per heavy atom. The maximum atomic E-state index is 13.9. The van der Waals surface area contributed by atoms with Gasteiger partial charge >= 0.3 is 0 Å². The zero-order chi connectivity index (χ0) is 19.5. The van der Waals surface area contributed by atoms with E-state index in [9.17, 15) is 9.18 Å². The van der Waals surface area contributed by atoms with Crippen LogP contribution < -0.4 is 14.5 Å². The van der Waals surface area contributed by atoms with Crippen LogP contribution in [-0.2, 0) is 17.8 Å². The van der Waals surface area contributed by atoms with Gasteiger partial charge < -0.3 is 19.4 Å². The first kappa shape index (κ1) is 18.7. The van der Waals surface area contributed by atoms with E-state index in [1.54, 1.807) is 12.1 Å². The monoisotopic (exact) mass is 384 g/mol. The van der Waals surface area contributed by atoms with Crippen molar-refractivity contribution in [2.24, 2.45) is 0 Å². The third kappa shape index (κ3) is 3.97. The molecule has 1 amide bonds. The molecule has 4 rings (SSSR count). The van der Waals surface area contributed by atoms with Crippen LogP contribution in [0.4, 0.5) is 10.1 Å². The molecule has 0 unspecified atom stereocenters. The van der Waals surface area contributed by atoms with Crippen molar-refractivity contribution in [3.8, 4) is 5.75 Å². The number of ether oxygens (including phenoxy) is 1. The van der Waals surface area contributed by atoms with Gasteiger partial charge in [-0.1, -0.05) is 18.2 Å². The zero-order valence-electron chi connectivity index (χ0n) is 16.3. The predicted molar refractivity (Wildman–Crippen MR) is 106 cm³/mol. The van der Waals surface area contributed by atoms with Gasteiger partial charge in [0.1, 0.15) is 6.54 Å². The summed E-state index contributed by atoms with van der Waals surface area (Å²) in [5.41, 5.74) is 3.49. The largest absolute Gasteiger partial charge is 0.494 e. The Morgan fingerprint density at radius 2 is 1.93 bits per heavy atom. The Bertz CT molecular complexity index is 849. The maximum Gasteiger partial charge on any atom is 0.242 e. The number of halogens is 1. The van der Waals surface area contributed by atoms with E-state index in [0.29, 0.717) is 6.54 Å². The second kappa shape index (κ2) is 8.19. The van der Waals surface area contributed by atoms with Crippen LogP contribution in [0.5, 0.6) is 5.75 Å². The van der Waals surface area contributed by atoms with Crippen LogP contribution in [0.25, 0.3) is 0 Å². The van der Waals surface area contributed by atoms with E-state index < -0.39 is 0 Å². The highest BCUT2D eigenvalue weighted by Crippen LogP contribution is 2.27. The molecule has 1 fully saturated rings. The lowest BCUT2D eigenvalue weighted by atomic mass is 10.1. The predicted octanol–water partition coefficient (Wildman–Crippen LogP) is 1.12. The number of para-hydroxylation sites is 1. The molecule has 1 N–H and O–H groups in total. The van der Waals surface area contributed by atoms with Crippen molar-refractivity contribution in [1.82, 2.24) is 4.90 Å². The van der Waals surface area contributed by atoms with Gasteiger partial charge in [-0.25, -0.2) is 4.39 Å². The summed E-state index contributed by atoms with van der Waals surface area (Å²) in [5, 5.41) is 0. The number of fused-ring (bicyclic) bond motifs is 1. The second-order valence-electron chi connectivity index (χ2n) is 7.58. The van der Waals surface area contributed by atoms with E-state index in [2.05, 4.69) is 23.1 Å². The number of carbonyl (C=O) groups excluding carboxylic acids is 1. The van der Waals surface area contributed by atoms with E-state index in [1.165, 1.54) is 23.3 Å². The minimum atomic E-state index is -0.320. The molecule has 2 aromatic carbocycles. The zero-order valence-corrected chi connectivity index (χ0v) is 16.3. The van der Waals surface area contributed by atoms with Gasteiger partial charge in [-0.15, -0.1) is 0 Å². The molecule has 0 bridgehead atoms. The molecule has 2 aliphatic heterocycles. The average Bonchev–Trinajstić information content (AvgIpc) is 3.12. The van der Waals surface area contributed by atoms with Crippen molar-refractivity contribution in [2.45, 2.75) is 13.0 Å². The number of anilines is 1. The van der Waals surface area contributed by atoms with Gasteiger partial charge in [0.05, 0.1) is 39.8 Å². The number of carbonyl (C=O) groups is 1. The van der Waals surface area contributed by atoms with Crippen LogP contribution in [0, 0.1) is 5.82 Å². The fraction of sp³-hybridized carbons (Fsp3) is 0.409. The summed E-state index contributed by atoms with van der Waals surface area (Å²) in [7, 11) is 1.47. The Hall–Kier alpha value is -2.60. The number of amides is 1. The quantitative estimate of drug-likeness (QED) is 0.840. The SMILES string of the molecule is COc1ccc(C[NH+]2CCN(C(=O)CN3CCc4ccccc43)CC2)cc1F. The molecule has 0 radical (unpaired) electrons. The number of hydrogen-bond donors (Lipinski definition) is 1. The summed E-state index contributed by atoms with van der Waals surface area (Å²) in [6.07, 6.45) is 1.01. The molecule has 6 heteroatoms. The molecule has 0 aromatic heterocycles. The molecule has 0 atom stereocenters. The third-order valence-corrected chi connectivity index (χ3v) is 5.80. The highest BCUT2D eigenvalue weighted by atomic mass is 19.1. The average molecular weight is 384 g/mol. The molecule has 2 aromatic rings. The molecule has 2 aliphatic rings. The van der Waals surface area contributed by atoms with Crippen molar-refractivity contribution < 1.29 is 18.8 Å². The summed E-state index contributed by atoms with van der Waals surface area (Å²) in [6.45, 7) is 5.41. The first-order valence-electron chi connectivity index (χ1n) is 9.90. The Balaban J connectivity index is 1.28. The van der Waals surface area contributed by atoms with Gasteiger partial charge in [0.25, 0.3) is 0 Å². The van der Waals surface area contributed by atoms with Gasteiger partial charge in [0.2, 0.25) is 5.91 Å². The minimum Gasteiger partial charge on any atom is -0.494 e. The number of quaternary nitrogens is 1. The van der Waals surface area contributed by atoms with E-state index >= 15 is 0 Å². The summed E-state index contributed by atoms with van der Waals surface area (Å²) >= 11 is 0. The van der Waals surface area contributed by atoms with Crippen LogP contribution in [0.15, 0.2) is 42.5 Å². The van der Waals surface area contributed by atoms with Crippen molar-refractivity contribution >= 4 is 11.6 Å². The third-order valence-electron chi connectivity index (χ3n) is 5.80. The van der Waals surface area contributed by atoms with Gasteiger partial charge in [0.15, 0.2) is 11.6 Å². The minimum absolute atomic E-state index is 0.200. The molecular weight excluding hydrogens is 357 g/mol. The standard InChI is InChI=1S/C22H26FN3O2/c1-28-21-7-6-17(14-19(21)23)15-24-10-12-25(13-11-24)22(27)16-26-9-8-18-4-2-3-5-20(18)26/h2-7,14H,8-13,15-16H2,1H3/p+1. The van der Waals surface area contributed by atoms with Crippen molar-refractivity contribution in [1.29, 1.82) is 0 Å². The van der Waals surface area contributed by atoms with Gasteiger partial charge in [-0.2, -0.15) is 0 Å². The van der Waals surface area contributed by atoms with Crippen LogP contribution in [0.1, 0.15) is 11.1 Å². The summed E-state index contributed by atoms with van der Waals surface area (Å²) in [6, 6.07) is 13.5. The number of methoxy groups -OCH3 is 1. The first-order valence-corrected chi connectivity index (χ1v) is 9.90. The molecule has 0 spiro atoms. The molecule has 5 nitrogen and oxygen atoms in total.